The minimum absolute atomic E-state index is 0.490. The van der Waals surface area contributed by atoms with E-state index in [4.69, 9.17) is 9.72 Å². The molecule has 0 spiro atoms. The molecule has 2 saturated heterocycles. The van der Waals surface area contributed by atoms with Crippen LogP contribution in [0.2, 0.25) is 0 Å². The Kier molecular flexibility index (Phi) is 4.91. The molecule has 2 aromatic rings. The Morgan fingerprint density at radius 1 is 0.958 bits per heavy atom. The number of nitrogens with zero attached hydrogens (tertiary/aromatic N) is 2. The first-order valence-corrected chi connectivity index (χ1v) is 9.23. The maximum absolute atomic E-state index is 5.54. The van der Waals surface area contributed by atoms with Crippen molar-refractivity contribution < 1.29 is 4.74 Å². The number of aromatic nitrogens is 1. The van der Waals surface area contributed by atoms with E-state index < -0.39 is 0 Å². The molecular formula is C21H26N2O. The van der Waals surface area contributed by atoms with Crippen LogP contribution in [0.4, 0.5) is 0 Å². The molecule has 0 bridgehead atoms. The minimum atomic E-state index is 0.490. The fraction of sp³-hybridized carbons (Fsp3) is 0.476. The van der Waals surface area contributed by atoms with Gasteiger partial charge in [0.25, 0.3) is 0 Å². The van der Waals surface area contributed by atoms with E-state index in [0.717, 1.165) is 19.6 Å². The van der Waals surface area contributed by atoms with Crippen LogP contribution in [0.3, 0.4) is 0 Å². The third-order valence-corrected chi connectivity index (χ3v) is 5.35. The largest absolute Gasteiger partial charge is 0.381 e. The highest BCUT2D eigenvalue weighted by molar-refractivity contribution is 5.24. The number of benzene rings is 1. The third kappa shape index (κ3) is 3.52. The lowest BCUT2D eigenvalue weighted by Crippen LogP contribution is -2.39. The Balaban J connectivity index is 1.51. The fourth-order valence-electron chi connectivity index (χ4n) is 4.15. The van der Waals surface area contributed by atoms with Gasteiger partial charge in [-0.3, -0.25) is 9.88 Å². The molecule has 0 radical (unpaired) electrons. The van der Waals surface area contributed by atoms with Gasteiger partial charge in [-0.05, 0) is 49.9 Å². The van der Waals surface area contributed by atoms with E-state index in [2.05, 4.69) is 53.4 Å². The molecule has 0 unspecified atom stereocenters. The van der Waals surface area contributed by atoms with E-state index in [1.165, 1.54) is 49.2 Å². The van der Waals surface area contributed by atoms with Crippen molar-refractivity contribution in [3.05, 3.63) is 65.5 Å². The molecule has 3 nitrogen and oxygen atoms in total. The molecule has 24 heavy (non-hydrogen) atoms. The molecule has 0 N–H and O–H groups in total. The van der Waals surface area contributed by atoms with E-state index in [1.807, 2.05) is 0 Å². The molecule has 126 valence electrons. The van der Waals surface area contributed by atoms with Crippen LogP contribution in [-0.2, 0) is 11.2 Å². The van der Waals surface area contributed by atoms with Gasteiger partial charge < -0.3 is 4.74 Å². The molecule has 4 rings (SSSR count). The number of pyridine rings is 1. The van der Waals surface area contributed by atoms with Gasteiger partial charge in [-0.25, -0.2) is 0 Å². The van der Waals surface area contributed by atoms with E-state index in [1.54, 1.807) is 0 Å². The van der Waals surface area contributed by atoms with Crippen molar-refractivity contribution in [2.24, 2.45) is 0 Å². The van der Waals surface area contributed by atoms with Crippen LogP contribution in [0.15, 0.2) is 48.5 Å². The molecule has 0 amide bonds. The Morgan fingerprint density at radius 3 is 2.62 bits per heavy atom. The van der Waals surface area contributed by atoms with E-state index in [-0.39, 0.29) is 0 Å². The summed E-state index contributed by atoms with van der Waals surface area (Å²) in [5.41, 5.74) is 3.76. The van der Waals surface area contributed by atoms with Gasteiger partial charge in [0.2, 0.25) is 0 Å². The van der Waals surface area contributed by atoms with Gasteiger partial charge in [0.1, 0.15) is 0 Å². The zero-order valence-electron chi connectivity index (χ0n) is 14.2. The van der Waals surface area contributed by atoms with Crippen molar-refractivity contribution in [1.29, 1.82) is 0 Å². The van der Waals surface area contributed by atoms with Gasteiger partial charge in [0, 0.05) is 31.4 Å². The summed E-state index contributed by atoms with van der Waals surface area (Å²) >= 11 is 0. The van der Waals surface area contributed by atoms with Gasteiger partial charge in [-0.1, -0.05) is 36.4 Å². The summed E-state index contributed by atoms with van der Waals surface area (Å²) in [5.74, 6) is 0. The Hall–Kier alpha value is -1.71. The van der Waals surface area contributed by atoms with E-state index in [9.17, 15) is 0 Å². The summed E-state index contributed by atoms with van der Waals surface area (Å²) < 4.78 is 5.54. The van der Waals surface area contributed by atoms with Crippen molar-refractivity contribution in [1.82, 2.24) is 9.88 Å². The van der Waals surface area contributed by atoms with E-state index in [0.29, 0.717) is 12.1 Å². The van der Waals surface area contributed by atoms with Gasteiger partial charge in [0.15, 0.2) is 0 Å². The highest BCUT2D eigenvalue weighted by atomic mass is 16.5. The predicted octanol–water partition coefficient (Wildman–Crippen LogP) is 3.99. The maximum Gasteiger partial charge on any atom is 0.0578 e. The quantitative estimate of drug-likeness (QED) is 0.851. The van der Waals surface area contributed by atoms with Crippen molar-refractivity contribution in [3.63, 3.8) is 0 Å². The molecule has 3 heteroatoms. The lowest BCUT2D eigenvalue weighted by Gasteiger charge is -2.35. The van der Waals surface area contributed by atoms with E-state index >= 15 is 0 Å². The summed E-state index contributed by atoms with van der Waals surface area (Å²) in [6, 6.07) is 18.3. The lowest BCUT2D eigenvalue weighted by molar-refractivity contribution is 0.0285. The summed E-state index contributed by atoms with van der Waals surface area (Å²) in [7, 11) is 0. The second-order valence-electron chi connectivity index (χ2n) is 6.96. The van der Waals surface area contributed by atoms with Crippen molar-refractivity contribution in [3.8, 4) is 0 Å². The van der Waals surface area contributed by atoms with Crippen molar-refractivity contribution >= 4 is 0 Å². The summed E-state index contributed by atoms with van der Waals surface area (Å²) in [5, 5.41) is 0. The Bertz CT molecular complexity index is 652. The second kappa shape index (κ2) is 7.45. The SMILES string of the molecule is c1ccc(Cc2cccc([C@H]3CCCN3C3CCOCC3)n2)cc1. The van der Waals surface area contributed by atoms with Crippen LogP contribution < -0.4 is 0 Å². The Labute approximate surface area is 144 Å². The van der Waals surface area contributed by atoms with Gasteiger partial charge in [-0.2, -0.15) is 0 Å². The van der Waals surface area contributed by atoms with Crippen LogP contribution in [0.5, 0.6) is 0 Å². The Morgan fingerprint density at radius 2 is 1.79 bits per heavy atom. The number of hydrogen-bond donors (Lipinski definition) is 0. The summed E-state index contributed by atoms with van der Waals surface area (Å²) in [6.07, 6.45) is 5.77. The predicted molar refractivity (Wildman–Crippen MR) is 96.0 cm³/mol. The molecule has 2 aliphatic heterocycles. The molecule has 2 fully saturated rings. The molecule has 1 aromatic heterocycles. The normalized spacial score (nSPS) is 22.8. The van der Waals surface area contributed by atoms with Gasteiger partial charge in [-0.15, -0.1) is 0 Å². The minimum Gasteiger partial charge on any atom is -0.381 e. The number of rotatable bonds is 4. The lowest BCUT2D eigenvalue weighted by atomic mass is 10.0. The maximum atomic E-state index is 5.54. The standard InChI is InChI=1S/C21H26N2O/c1-2-6-17(7-3-1)16-18-8-4-9-20(22-18)21-10-5-13-23(21)19-11-14-24-15-12-19/h1-4,6-9,19,21H,5,10-16H2/t21-/m1/s1. The third-order valence-electron chi connectivity index (χ3n) is 5.35. The molecule has 0 aliphatic carbocycles. The van der Waals surface area contributed by atoms with Crippen molar-refractivity contribution in [2.75, 3.05) is 19.8 Å². The first kappa shape index (κ1) is 15.8. The molecule has 3 heterocycles. The molecule has 0 saturated carbocycles. The zero-order valence-corrected chi connectivity index (χ0v) is 14.2. The first-order chi connectivity index (χ1) is 11.9. The van der Waals surface area contributed by atoms with Crippen LogP contribution >= 0.6 is 0 Å². The fourth-order valence-corrected chi connectivity index (χ4v) is 4.15. The summed E-state index contributed by atoms with van der Waals surface area (Å²) in [6.45, 7) is 3.03. The first-order valence-electron chi connectivity index (χ1n) is 9.23. The number of hydrogen-bond acceptors (Lipinski definition) is 3. The smallest absolute Gasteiger partial charge is 0.0578 e. The molecular weight excluding hydrogens is 296 g/mol. The highest BCUT2D eigenvalue weighted by Gasteiger charge is 2.33. The number of likely N-dealkylation sites (tertiary alicyclic amines) is 1. The average Bonchev–Trinajstić information content (AvgIpc) is 3.13. The monoisotopic (exact) mass is 322 g/mol. The van der Waals surface area contributed by atoms with Crippen LogP contribution in [0, 0.1) is 0 Å². The highest BCUT2D eigenvalue weighted by Crippen LogP contribution is 2.35. The number of ether oxygens (including phenoxy) is 1. The van der Waals surface area contributed by atoms with Crippen LogP contribution in [-0.4, -0.2) is 35.7 Å². The van der Waals surface area contributed by atoms with Gasteiger partial charge >= 0.3 is 0 Å². The molecule has 1 atom stereocenters. The topological polar surface area (TPSA) is 25.4 Å². The summed E-state index contributed by atoms with van der Waals surface area (Å²) in [4.78, 5) is 7.71. The van der Waals surface area contributed by atoms with Crippen molar-refractivity contribution in [2.45, 2.75) is 44.2 Å². The molecule has 1 aromatic carbocycles. The van der Waals surface area contributed by atoms with Gasteiger partial charge in [0.05, 0.1) is 11.7 Å². The van der Waals surface area contributed by atoms with Crippen LogP contribution in [0.25, 0.3) is 0 Å². The zero-order chi connectivity index (χ0) is 16.2. The molecule has 2 aliphatic rings. The second-order valence-corrected chi connectivity index (χ2v) is 6.96. The average molecular weight is 322 g/mol. The van der Waals surface area contributed by atoms with Crippen LogP contribution in [0.1, 0.15) is 48.7 Å².